The second-order valence-electron chi connectivity index (χ2n) is 7.58. The van der Waals surface area contributed by atoms with Crippen LogP contribution >= 0.6 is 0 Å². The lowest BCUT2D eigenvalue weighted by molar-refractivity contribution is -0.114. The van der Waals surface area contributed by atoms with E-state index in [9.17, 15) is 14.4 Å². The molecule has 0 spiro atoms. The van der Waals surface area contributed by atoms with Crippen molar-refractivity contribution in [2.45, 2.75) is 20.4 Å². The van der Waals surface area contributed by atoms with Crippen LogP contribution in [0.4, 0.5) is 22.0 Å². The Morgan fingerprint density at radius 1 is 1.16 bits per heavy atom. The number of H-pyrrole nitrogens is 1. The van der Waals surface area contributed by atoms with E-state index >= 15 is 0 Å². The van der Waals surface area contributed by atoms with Gasteiger partial charge in [0.05, 0.1) is 37.1 Å². The van der Waals surface area contributed by atoms with E-state index < -0.39 is 6.09 Å². The molecule has 0 radical (unpaired) electrons. The first kappa shape index (κ1) is 21.1. The summed E-state index contributed by atoms with van der Waals surface area (Å²) in [5.41, 5.74) is 5.03. The fourth-order valence-corrected chi connectivity index (χ4v) is 3.69. The molecule has 0 atom stereocenters. The van der Waals surface area contributed by atoms with Gasteiger partial charge in [-0.2, -0.15) is 0 Å². The zero-order valence-electron chi connectivity index (χ0n) is 18.0. The molecule has 9 nitrogen and oxygen atoms in total. The van der Waals surface area contributed by atoms with E-state index in [4.69, 9.17) is 4.74 Å². The number of pyridine rings is 1. The van der Waals surface area contributed by atoms with Crippen molar-refractivity contribution in [1.29, 1.82) is 0 Å². The van der Waals surface area contributed by atoms with Crippen LogP contribution < -0.4 is 10.6 Å². The normalized spacial score (nSPS) is 12.8. The van der Waals surface area contributed by atoms with Crippen molar-refractivity contribution in [1.82, 2.24) is 14.9 Å². The standard InChI is InChI=1S/C23H23N5O4/c1-13-4-6-16(7-5-13)26-22-20-17(11-28(12-18(20)30)23(31)32-3)27-21(22)15-8-9-24-19(10-15)25-14(2)29/h4-10,26-27H,11-12H2,1-3H3,(H,24,25,29). The summed E-state index contributed by atoms with van der Waals surface area (Å²) in [5, 5.41) is 6.03. The first-order chi connectivity index (χ1) is 15.4. The number of ketones is 1. The van der Waals surface area contributed by atoms with Crippen LogP contribution in [0.1, 0.15) is 28.5 Å². The van der Waals surface area contributed by atoms with Gasteiger partial charge in [-0.05, 0) is 31.2 Å². The number of amides is 2. The van der Waals surface area contributed by atoms with Crippen LogP contribution in [0.3, 0.4) is 0 Å². The average Bonchev–Trinajstić information content (AvgIpc) is 3.13. The highest BCUT2D eigenvalue weighted by Crippen LogP contribution is 2.38. The van der Waals surface area contributed by atoms with E-state index in [1.54, 1.807) is 18.3 Å². The van der Waals surface area contributed by atoms with E-state index in [-0.39, 0.29) is 24.8 Å². The Hall–Kier alpha value is -4.14. The summed E-state index contributed by atoms with van der Waals surface area (Å²) in [4.78, 5) is 45.4. The van der Waals surface area contributed by atoms with Gasteiger partial charge in [0.25, 0.3) is 0 Å². The van der Waals surface area contributed by atoms with Gasteiger partial charge in [-0.25, -0.2) is 9.78 Å². The fourth-order valence-electron chi connectivity index (χ4n) is 3.69. The molecule has 0 saturated heterocycles. The van der Waals surface area contributed by atoms with E-state index in [1.807, 2.05) is 31.2 Å². The first-order valence-corrected chi connectivity index (χ1v) is 10.0. The molecule has 4 rings (SSSR count). The lowest BCUT2D eigenvalue weighted by Gasteiger charge is -2.25. The molecule has 2 aromatic heterocycles. The summed E-state index contributed by atoms with van der Waals surface area (Å²) in [5.74, 6) is -0.0430. The fraction of sp³-hybridized carbons (Fsp3) is 0.217. The van der Waals surface area contributed by atoms with Gasteiger partial charge in [0, 0.05) is 30.1 Å². The molecule has 1 aliphatic heterocycles. The maximum atomic E-state index is 13.1. The molecule has 3 heterocycles. The summed E-state index contributed by atoms with van der Waals surface area (Å²) in [6, 6.07) is 11.3. The zero-order chi connectivity index (χ0) is 22.8. The molecule has 32 heavy (non-hydrogen) atoms. The number of benzene rings is 1. The van der Waals surface area contributed by atoms with Gasteiger partial charge in [0.1, 0.15) is 5.82 Å². The molecule has 3 N–H and O–H groups in total. The number of hydrogen-bond donors (Lipinski definition) is 3. The minimum atomic E-state index is -0.565. The van der Waals surface area contributed by atoms with Crippen molar-refractivity contribution >= 4 is 35.0 Å². The van der Waals surface area contributed by atoms with E-state index in [0.717, 1.165) is 16.8 Å². The molecule has 0 bridgehead atoms. The second kappa shape index (κ2) is 8.54. The Kier molecular flexibility index (Phi) is 5.63. The quantitative estimate of drug-likeness (QED) is 0.575. The minimum absolute atomic E-state index is 0.0764. The van der Waals surface area contributed by atoms with Crippen molar-refractivity contribution in [3.8, 4) is 11.3 Å². The molecule has 0 saturated carbocycles. The molecule has 1 aromatic carbocycles. The van der Waals surface area contributed by atoms with Gasteiger partial charge in [-0.3, -0.25) is 14.5 Å². The Labute approximate surface area is 184 Å². The van der Waals surface area contributed by atoms with E-state index in [0.29, 0.717) is 28.5 Å². The lowest BCUT2D eigenvalue weighted by atomic mass is 10.0. The molecule has 164 valence electrons. The van der Waals surface area contributed by atoms with Crippen LogP contribution in [0.2, 0.25) is 0 Å². The van der Waals surface area contributed by atoms with Crippen LogP contribution in [0.25, 0.3) is 11.3 Å². The first-order valence-electron chi connectivity index (χ1n) is 10.0. The van der Waals surface area contributed by atoms with Gasteiger partial charge in [0.2, 0.25) is 5.91 Å². The number of rotatable bonds is 4. The Morgan fingerprint density at radius 3 is 2.59 bits per heavy atom. The van der Waals surface area contributed by atoms with E-state index in [1.165, 1.54) is 18.9 Å². The van der Waals surface area contributed by atoms with Gasteiger partial charge < -0.3 is 20.4 Å². The number of ether oxygens (including phenoxy) is 1. The Morgan fingerprint density at radius 2 is 1.91 bits per heavy atom. The molecule has 0 unspecified atom stereocenters. The molecule has 2 amide bonds. The largest absolute Gasteiger partial charge is 0.453 e. The highest BCUT2D eigenvalue weighted by molar-refractivity contribution is 6.09. The third-order valence-electron chi connectivity index (χ3n) is 5.15. The minimum Gasteiger partial charge on any atom is -0.453 e. The number of carbonyl (C=O) groups is 3. The summed E-state index contributed by atoms with van der Waals surface area (Å²) in [7, 11) is 1.29. The molecule has 9 heteroatoms. The predicted octanol–water partition coefficient (Wildman–Crippen LogP) is 3.85. The monoisotopic (exact) mass is 433 g/mol. The van der Waals surface area contributed by atoms with Crippen molar-refractivity contribution in [3.05, 3.63) is 59.4 Å². The van der Waals surface area contributed by atoms with Gasteiger partial charge in [-0.15, -0.1) is 0 Å². The maximum absolute atomic E-state index is 13.1. The van der Waals surface area contributed by atoms with Gasteiger partial charge >= 0.3 is 6.09 Å². The molecular formula is C23H23N5O4. The number of hydrogen-bond acceptors (Lipinski definition) is 6. The highest BCUT2D eigenvalue weighted by Gasteiger charge is 2.33. The number of Topliss-reactive ketones (excluding diaryl/α,β-unsaturated/α-hetero) is 1. The number of anilines is 3. The van der Waals surface area contributed by atoms with E-state index in [2.05, 4.69) is 20.6 Å². The van der Waals surface area contributed by atoms with Crippen molar-refractivity contribution < 1.29 is 19.1 Å². The van der Waals surface area contributed by atoms with Crippen molar-refractivity contribution in [2.75, 3.05) is 24.3 Å². The summed E-state index contributed by atoms with van der Waals surface area (Å²) in [6.45, 7) is 3.54. The summed E-state index contributed by atoms with van der Waals surface area (Å²) in [6.07, 6.45) is 1.02. The number of fused-ring (bicyclic) bond motifs is 1. The van der Waals surface area contributed by atoms with Crippen molar-refractivity contribution in [3.63, 3.8) is 0 Å². The number of methoxy groups -OCH3 is 1. The zero-order valence-corrected chi connectivity index (χ0v) is 18.0. The lowest BCUT2D eigenvalue weighted by Crippen LogP contribution is -2.39. The molecule has 3 aromatic rings. The number of aryl methyl sites for hydroxylation is 1. The van der Waals surface area contributed by atoms with Gasteiger partial charge in [-0.1, -0.05) is 17.7 Å². The Bertz CT molecular complexity index is 1200. The number of nitrogens with zero attached hydrogens (tertiary/aromatic N) is 2. The molecule has 0 aliphatic carbocycles. The summed E-state index contributed by atoms with van der Waals surface area (Å²) >= 11 is 0. The highest BCUT2D eigenvalue weighted by atomic mass is 16.5. The number of nitrogens with one attached hydrogen (secondary N) is 3. The van der Waals surface area contributed by atoms with Crippen LogP contribution in [-0.4, -0.2) is 46.3 Å². The second-order valence-corrected chi connectivity index (χ2v) is 7.58. The molecule has 0 fully saturated rings. The smallest absolute Gasteiger partial charge is 0.410 e. The van der Waals surface area contributed by atoms with Gasteiger partial charge in [0.15, 0.2) is 5.78 Å². The third-order valence-corrected chi connectivity index (χ3v) is 5.15. The Balaban J connectivity index is 1.82. The molecular weight excluding hydrogens is 410 g/mol. The number of carbonyl (C=O) groups excluding carboxylic acids is 3. The summed E-state index contributed by atoms with van der Waals surface area (Å²) < 4.78 is 4.79. The number of aromatic amines is 1. The van der Waals surface area contributed by atoms with Crippen LogP contribution in [0.15, 0.2) is 42.6 Å². The SMILES string of the molecule is COC(=O)N1CC(=O)c2c([nH]c(-c3ccnc(NC(C)=O)c3)c2Nc2ccc(C)cc2)C1. The topological polar surface area (TPSA) is 116 Å². The third kappa shape index (κ3) is 4.18. The predicted molar refractivity (Wildman–Crippen MR) is 120 cm³/mol. The number of aromatic nitrogens is 2. The van der Waals surface area contributed by atoms with Crippen LogP contribution in [-0.2, 0) is 16.1 Å². The average molecular weight is 433 g/mol. The van der Waals surface area contributed by atoms with Crippen LogP contribution in [0, 0.1) is 6.92 Å². The maximum Gasteiger partial charge on any atom is 0.410 e. The molecule has 1 aliphatic rings. The van der Waals surface area contributed by atoms with Crippen LogP contribution in [0.5, 0.6) is 0 Å². The van der Waals surface area contributed by atoms with Crippen molar-refractivity contribution in [2.24, 2.45) is 0 Å².